The molecule has 118 valence electrons. The lowest BCUT2D eigenvalue weighted by Crippen LogP contribution is -2.48. The van der Waals surface area contributed by atoms with Crippen LogP contribution in [-0.2, 0) is 29.4 Å². The molecule has 1 aliphatic rings. The molecule has 0 aromatic carbocycles. The van der Waals surface area contributed by atoms with Crippen LogP contribution in [-0.4, -0.2) is 69.4 Å². The van der Waals surface area contributed by atoms with Gasteiger partial charge in [0.1, 0.15) is 0 Å². The van der Waals surface area contributed by atoms with Gasteiger partial charge in [-0.05, 0) is 6.42 Å². The first-order valence-electron chi connectivity index (χ1n) is 6.06. The van der Waals surface area contributed by atoms with Gasteiger partial charge in [0.15, 0.2) is 14.9 Å². The lowest BCUT2D eigenvalue weighted by Gasteiger charge is -2.28. The van der Waals surface area contributed by atoms with E-state index in [0.717, 1.165) is 10.6 Å². The van der Waals surface area contributed by atoms with Crippen molar-refractivity contribution in [2.75, 3.05) is 31.1 Å². The molecule has 0 spiro atoms. The van der Waals surface area contributed by atoms with Crippen molar-refractivity contribution in [1.82, 2.24) is 4.31 Å². The summed E-state index contributed by atoms with van der Waals surface area (Å²) < 4.78 is 52.8. The van der Waals surface area contributed by atoms with Crippen molar-refractivity contribution < 1.29 is 31.5 Å². The summed E-state index contributed by atoms with van der Waals surface area (Å²) in [5, 5.41) is 8.05. The second-order valence-electron chi connectivity index (χ2n) is 4.82. The van der Waals surface area contributed by atoms with Gasteiger partial charge >= 0.3 is 5.97 Å². The highest BCUT2D eigenvalue weighted by Gasteiger charge is 2.43. The number of hydrogen-bond acceptors (Lipinski definition) is 6. The van der Waals surface area contributed by atoms with E-state index >= 15 is 0 Å². The van der Waals surface area contributed by atoms with Crippen LogP contribution in [0.4, 0.5) is 0 Å². The Morgan fingerprint density at radius 3 is 2.35 bits per heavy atom. The zero-order valence-corrected chi connectivity index (χ0v) is 13.0. The summed E-state index contributed by atoms with van der Waals surface area (Å²) in [6, 6.07) is -0.862. The summed E-state index contributed by atoms with van der Waals surface area (Å²) in [4.78, 5) is 11.1. The number of nitrogens with zero attached hydrogens (tertiary/aromatic N) is 1. The van der Waals surface area contributed by atoms with Crippen LogP contribution in [0.25, 0.3) is 0 Å². The molecule has 8 nitrogen and oxygen atoms in total. The predicted molar refractivity (Wildman–Crippen MR) is 71.4 cm³/mol. The highest BCUT2D eigenvalue weighted by atomic mass is 32.3. The Labute approximate surface area is 118 Å². The largest absolute Gasteiger partial charge is 0.481 e. The van der Waals surface area contributed by atoms with Crippen molar-refractivity contribution in [1.29, 1.82) is 0 Å². The fraction of sp³-hybridized carbons (Fsp3) is 0.900. The molecule has 0 aromatic rings. The number of hydrogen-bond donors (Lipinski definition) is 1. The van der Waals surface area contributed by atoms with Crippen molar-refractivity contribution in [3.63, 3.8) is 0 Å². The summed E-state index contributed by atoms with van der Waals surface area (Å²) in [5.41, 5.74) is 0. The van der Waals surface area contributed by atoms with E-state index in [9.17, 15) is 21.6 Å². The molecule has 20 heavy (non-hydrogen) atoms. The van der Waals surface area contributed by atoms with Crippen LogP contribution in [0, 0.1) is 5.92 Å². The molecule has 1 fully saturated rings. The van der Waals surface area contributed by atoms with Crippen LogP contribution in [0.3, 0.4) is 0 Å². The van der Waals surface area contributed by atoms with Crippen LogP contribution in [0.2, 0.25) is 0 Å². The van der Waals surface area contributed by atoms with Crippen molar-refractivity contribution in [3.8, 4) is 0 Å². The lowest BCUT2D eigenvalue weighted by molar-refractivity contribution is -0.142. The number of sulfonamides is 1. The number of aliphatic carboxylic acids is 1. The van der Waals surface area contributed by atoms with Gasteiger partial charge in [-0.15, -0.1) is 0 Å². The molecule has 1 heterocycles. The number of ether oxygens (including phenoxy) is 1. The topological polar surface area (TPSA) is 118 Å². The van der Waals surface area contributed by atoms with E-state index < -0.39 is 42.9 Å². The van der Waals surface area contributed by atoms with Crippen LogP contribution in [0.15, 0.2) is 0 Å². The van der Waals surface area contributed by atoms with Gasteiger partial charge < -0.3 is 9.84 Å². The van der Waals surface area contributed by atoms with Gasteiger partial charge in [-0.25, -0.2) is 16.8 Å². The smallest absolute Gasteiger partial charge is 0.310 e. The summed E-state index contributed by atoms with van der Waals surface area (Å²) >= 11 is 0. The van der Waals surface area contributed by atoms with E-state index in [-0.39, 0.29) is 19.8 Å². The van der Waals surface area contributed by atoms with Crippen LogP contribution in [0.1, 0.15) is 13.3 Å². The van der Waals surface area contributed by atoms with Crippen LogP contribution >= 0.6 is 0 Å². The first kappa shape index (κ1) is 17.3. The molecule has 0 bridgehead atoms. The van der Waals surface area contributed by atoms with Crippen LogP contribution in [0.5, 0.6) is 0 Å². The highest BCUT2D eigenvalue weighted by molar-refractivity contribution is 8.06. The van der Waals surface area contributed by atoms with Crippen molar-refractivity contribution in [3.05, 3.63) is 0 Å². The van der Waals surface area contributed by atoms with Gasteiger partial charge in [0, 0.05) is 12.8 Å². The zero-order chi connectivity index (χ0) is 15.6. The third kappa shape index (κ3) is 4.40. The Kier molecular flexibility index (Phi) is 5.53. The third-order valence-corrected chi connectivity index (χ3v) is 6.97. The molecule has 1 aliphatic heterocycles. The molecule has 1 rings (SSSR count). The fourth-order valence-corrected chi connectivity index (χ4v) is 5.92. The molecule has 0 aromatic heterocycles. The monoisotopic (exact) mass is 329 g/mol. The average Bonchev–Trinajstić information content (AvgIpc) is 2.70. The van der Waals surface area contributed by atoms with Crippen molar-refractivity contribution >= 4 is 25.8 Å². The summed E-state index contributed by atoms with van der Waals surface area (Å²) in [7, 11) is -7.82. The molecule has 10 heteroatoms. The average molecular weight is 329 g/mol. The van der Waals surface area contributed by atoms with Gasteiger partial charge in [-0.2, -0.15) is 4.31 Å². The molecule has 0 radical (unpaired) electrons. The number of sulfone groups is 1. The van der Waals surface area contributed by atoms with Crippen molar-refractivity contribution in [2.24, 2.45) is 5.92 Å². The van der Waals surface area contributed by atoms with Gasteiger partial charge in [0.2, 0.25) is 10.0 Å². The number of carboxylic acids is 1. The Morgan fingerprint density at radius 2 is 1.90 bits per heavy atom. The number of carbonyl (C=O) groups is 1. The maximum absolute atomic E-state index is 12.2. The lowest BCUT2D eigenvalue weighted by atomic mass is 10.0. The molecule has 0 saturated carbocycles. The molecular weight excluding hydrogens is 310 g/mol. The SMILES string of the molecule is CCCN(C1COCC1C(=O)O)S(=O)(=O)CS(C)(=O)=O. The third-order valence-electron chi connectivity index (χ3n) is 2.90. The maximum Gasteiger partial charge on any atom is 0.310 e. The fourth-order valence-electron chi connectivity index (χ4n) is 2.13. The maximum atomic E-state index is 12.2. The van der Waals surface area contributed by atoms with E-state index in [1.165, 1.54) is 0 Å². The minimum atomic E-state index is -4.09. The standard InChI is InChI=1S/C10H19NO7S2/c1-3-4-11(20(16,17)7-19(2,14)15)9-6-18-5-8(9)10(12)13/h8-9H,3-7H2,1-2H3,(H,12,13). The van der Waals surface area contributed by atoms with Crippen LogP contribution < -0.4 is 0 Å². The molecule has 0 aliphatic carbocycles. The second-order valence-corrected chi connectivity index (χ2v) is 9.24. The summed E-state index contributed by atoms with van der Waals surface area (Å²) in [6.07, 6.45) is 1.28. The molecule has 0 amide bonds. The Hall–Kier alpha value is -0.710. The van der Waals surface area contributed by atoms with Gasteiger partial charge in [0.05, 0.1) is 25.2 Å². The number of rotatable bonds is 7. The molecule has 1 saturated heterocycles. The minimum absolute atomic E-state index is 0.0417. The Bertz CT molecular complexity index is 554. The Morgan fingerprint density at radius 1 is 1.30 bits per heavy atom. The first-order chi connectivity index (χ1) is 9.08. The van der Waals surface area contributed by atoms with Gasteiger partial charge in [0.25, 0.3) is 0 Å². The predicted octanol–water partition coefficient (Wildman–Crippen LogP) is -0.870. The molecule has 2 unspecified atom stereocenters. The van der Waals surface area contributed by atoms with E-state index in [2.05, 4.69) is 0 Å². The quantitative estimate of drug-likeness (QED) is 0.645. The minimum Gasteiger partial charge on any atom is -0.481 e. The molecule has 1 N–H and O–H groups in total. The molecular formula is C10H19NO7S2. The number of carboxylic acid groups (broad SMARTS) is 1. The van der Waals surface area contributed by atoms with E-state index in [1.807, 2.05) is 0 Å². The Balaban J connectivity index is 3.08. The normalized spacial score (nSPS) is 24.1. The van der Waals surface area contributed by atoms with Gasteiger partial charge in [-0.1, -0.05) is 6.92 Å². The second kappa shape index (κ2) is 6.37. The molecule has 2 atom stereocenters. The van der Waals surface area contributed by atoms with Gasteiger partial charge in [-0.3, -0.25) is 4.79 Å². The van der Waals surface area contributed by atoms with E-state index in [4.69, 9.17) is 9.84 Å². The summed E-state index contributed by atoms with van der Waals surface area (Å²) in [5.74, 6) is -2.13. The first-order valence-corrected chi connectivity index (χ1v) is 9.73. The zero-order valence-electron chi connectivity index (χ0n) is 11.4. The highest BCUT2D eigenvalue weighted by Crippen LogP contribution is 2.23. The van der Waals surface area contributed by atoms with Crippen molar-refractivity contribution in [2.45, 2.75) is 19.4 Å². The van der Waals surface area contributed by atoms with E-state index in [0.29, 0.717) is 6.42 Å². The summed E-state index contributed by atoms with van der Waals surface area (Å²) in [6.45, 7) is 1.68. The van der Waals surface area contributed by atoms with E-state index in [1.54, 1.807) is 6.92 Å².